The molecule has 102 valence electrons. The van der Waals surface area contributed by atoms with E-state index in [1.54, 1.807) is 24.3 Å². The van der Waals surface area contributed by atoms with Crippen LogP contribution in [0.15, 0.2) is 24.3 Å². The Hall–Kier alpha value is -1.88. The Morgan fingerprint density at radius 2 is 2.00 bits per heavy atom. The van der Waals surface area contributed by atoms with E-state index in [2.05, 4.69) is 0 Å². The quantitative estimate of drug-likeness (QED) is 0.830. The number of nitrogens with zero attached hydrogens (tertiary/aromatic N) is 1. The van der Waals surface area contributed by atoms with E-state index in [0.29, 0.717) is 37.4 Å². The summed E-state index contributed by atoms with van der Waals surface area (Å²) in [5, 5.41) is 0. The molecule has 1 aliphatic rings. The summed E-state index contributed by atoms with van der Waals surface area (Å²) in [7, 11) is 0. The Morgan fingerprint density at radius 1 is 1.32 bits per heavy atom. The van der Waals surface area contributed by atoms with E-state index in [1.807, 2.05) is 6.92 Å². The number of amides is 2. The third kappa shape index (κ3) is 3.12. The Bertz CT molecular complexity index is 469. The van der Waals surface area contributed by atoms with E-state index in [1.165, 1.54) is 4.90 Å². The van der Waals surface area contributed by atoms with Gasteiger partial charge in [-0.05, 0) is 18.1 Å². The standard InChI is InChI=1S/C14H18N2O3/c1-10-7-13(17)16(14(18)8-10)11-3-2-4-12(9-11)19-6-5-15/h2-4,9-10H,5-8,15H2,1H3. The van der Waals surface area contributed by atoms with E-state index < -0.39 is 0 Å². The fourth-order valence-electron chi connectivity index (χ4n) is 2.17. The monoisotopic (exact) mass is 262 g/mol. The number of carbonyl (C=O) groups is 2. The number of piperidine rings is 1. The first-order chi connectivity index (χ1) is 9.11. The van der Waals surface area contributed by atoms with Gasteiger partial charge in [-0.1, -0.05) is 13.0 Å². The second-order valence-electron chi connectivity index (χ2n) is 4.77. The molecule has 0 unspecified atom stereocenters. The molecule has 1 aliphatic heterocycles. The number of imide groups is 1. The van der Waals surface area contributed by atoms with Gasteiger partial charge in [0.25, 0.3) is 0 Å². The number of rotatable bonds is 4. The first-order valence-corrected chi connectivity index (χ1v) is 6.40. The van der Waals surface area contributed by atoms with Crippen LogP contribution < -0.4 is 15.4 Å². The van der Waals surface area contributed by atoms with Gasteiger partial charge in [0.05, 0.1) is 5.69 Å². The van der Waals surface area contributed by atoms with Crippen LogP contribution in [0.25, 0.3) is 0 Å². The maximum absolute atomic E-state index is 12.0. The van der Waals surface area contributed by atoms with Crippen LogP contribution >= 0.6 is 0 Å². The van der Waals surface area contributed by atoms with Crippen molar-refractivity contribution in [2.24, 2.45) is 11.7 Å². The topological polar surface area (TPSA) is 72.6 Å². The van der Waals surface area contributed by atoms with Crippen LogP contribution in [-0.4, -0.2) is 25.0 Å². The van der Waals surface area contributed by atoms with E-state index in [-0.39, 0.29) is 17.7 Å². The molecular formula is C14H18N2O3. The van der Waals surface area contributed by atoms with Crippen LogP contribution in [0.4, 0.5) is 5.69 Å². The zero-order valence-corrected chi connectivity index (χ0v) is 11.0. The summed E-state index contributed by atoms with van der Waals surface area (Å²) in [6.07, 6.45) is 0.805. The van der Waals surface area contributed by atoms with Crippen molar-refractivity contribution in [3.05, 3.63) is 24.3 Å². The summed E-state index contributed by atoms with van der Waals surface area (Å²) in [5.74, 6) is 0.426. The molecule has 0 spiro atoms. The van der Waals surface area contributed by atoms with Crippen molar-refractivity contribution in [2.75, 3.05) is 18.1 Å². The summed E-state index contributed by atoms with van der Waals surface area (Å²) >= 11 is 0. The molecule has 2 amide bonds. The molecule has 0 atom stereocenters. The largest absolute Gasteiger partial charge is 0.492 e. The predicted molar refractivity (Wildman–Crippen MR) is 71.9 cm³/mol. The van der Waals surface area contributed by atoms with Gasteiger partial charge in [0.15, 0.2) is 0 Å². The average molecular weight is 262 g/mol. The van der Waals surface area contributed by atoms with Gasteiger partial charge in [-0.15, -0.1) is 0 Å². The minimum atomic E-state index is -0.153. The summed E-state index contributed by atoms with van der Waals surface area (Å²) in [5.41, 5.74) is 5.94. The first-order valence-electron chi connectivity index (χ1n) is 6.40. The van der Waals surface area contributed by atoms with E-state index >= 15 is 0 Å². The lowest BCUT2D eigenvalue weighted by Crippen LogP contribution is -2.42. The van der Waals surface area contributed by atoms with Crippen LogP contribution in [0.2, 0.25) is 0 Å². The molecule has 0 aromatic heterocycles. The first kappa shape index (κ1) is 13.5. The maximum Gasteiger partial charge on any atom is 0.234 e. The minimum Gasteiger partial charge on any atom is -0.492 e. The molecule has 1 aromatic rings. The zero-order chi connectivity index (χ0) is 13.8. The van der Waals surface area contributed by atoms with E-state index in [4.69, 9.17) is 10.5 Å². The highest BCUT2D eigenvalue weighted by Gasteiger charge is 2.31. The second-order valence-corrected chi connectivity index (χ2v) is 4.77. The van der Waals surface area contributed by atoms with Crippen molar-refractivity contribution in [1.29, 1.82) is 0 Å². The van der Waals surface area contributed by atoms with Crippen molar-refractivity contribution in [3.8, 4) is 5.75 Å². The van der Waals surface area contributed by atoms with Gasteiger partial charge in [-0.25, -0.2) is 0 Å². The molecule has 0 saturated carbocycles. The summed E-state index contributed by atoms with van der Waals surface area (Å²) in [6, 6.07) is 6.98. The summed E-state index contributed by atoms with van der Waals surface area (Å²) in [4.78, 5) is 25.2. The molecule has 0 bridgehead atoms. The van der Waals surface area contributed by atoms with Crippen molar-refractivity contribution in [1.82, 2.24) is 0 Å². The van der Waals surface area contributed by atoms with Crippen molar-refractivity contribution in [3.63, 3.8) is 0 Å². The molecule has 5 heteroatoms. The number of benzene rings is 1. The molecule has 0 aliphatic carbocycles. The Kier molecular flexibility index (Phi) is 4.16. The highest BCUT2D eigenvalue weighted by Crippen LogP contribution is 2.27. The minimum absolute atomic E-state index is 0.118. The van der Waals surface area contributed by atoms with Gasteiger partial charge < -0.3 is 10.5 Å². The lowest BCUT2D eigenvalue weighted by atomic mass is 9.97. The van der Waals surface area contributed by atoms with Crippen molar-refractivity contribution in [2.45, 2.75) is 19.8 Å². The molecule has 1 aromatic carbocycles. The molecule has 1 heterocycles. The van der Waals surface area contributed by atoms with Crippen LogP contribution in [0.1, 0.15) is 19.8 Å². The van der Waals surface area contributed by atoms with Gasteiger partial charge in [0.1, 0.15) is 12.4 Å². The molecule has 1 saturated heterocycles. The Labute approximate surface area is 112 Å². The molecule has 5 nitrogen and oxygen atoms in total. The Morgan fingerprint density at radius 3 is 2.63 bits per heavy atom. The fraction of sp³-hybridized carbons (Fsp3) is 0.429. The predicted octanol–water partition coefficient (Wildman–Crippen LogP) is 1.31. The number of hydrogen-bond donors (Lipinski definition) is 1. The van der Waals surface area contributed by atoms with Crippen molar-refractivity contribution >= 4 is 17.5 Å². The lowest BCUT2D eigenvalue weighted by Gasteiger charge is -2.28. The van der Waals surface area contributed by atoms with Crippen LogP contribution in [0.3, 0.4) is 0 Å². The van der Waals surface area contributed by atoms with Crippen LogP contribution in [0.5, 0.6) is 5.75 Å². The van der Waals surface area contributed by atoms with Crippen molar-refractivity contribution < 1.29 is 14.3 Å². The van der Waals surface area contributed by atoms with E-state index in [0.717, 1.165) is 0 Å². The highest BCUT2D eigenvalue weighted by atomic mass is 16.5. The van der Waals surface area contributed by atoms with Gasteiger partial charge in [-0.3, -0.25) is 14.5 Å². The molecule has 19 heavy (non-hydrogen) atoms. The highest BCUT2D eigenvalue weighted by molar-refractivity contribution is 6.16. The lowest BCUT2D eigenvalue weighted by molar-refractivity contribution is -0.130. The second kappa shape index (κ2) is 5.84. The fourth-order valence-corrected chi connectivity index (χ4v) is 2.17. The van der Waals surface area contributed by atoms with E-state index in [9.17, 15) is 9.59 Å². The number of ether oxygens (including phenoxy) is 1. The number of hydrogen-bond acceptors (Lipinski definition) is 4. The molecular weight excluding hydrogens is 244 g/mol. The molecule has 1 fully saturated rings. The van der Waals surface area contributed by atoms with Crippen LogP contribution in [0, 0.1) is 5.92 Å². The third-order valence-electron chi connectivity index (χ3n) is 3.01. The van der Waals surface area contributed by atoms with Gasteiger partial charge in [-0.2, -0.15) is 0 Å². The smallest absolute Gasteiger partial charge is 0.234 e. The number of anilines is 1. The number of nitrogens with two attached hydrogens (primary N) is 1. The zero-order valence-electron chi connectivity index (χ0n) is 11.0. The SMILES string of the molecule is CC1CC(=O)N(c2cccc(OCCN)c2)C(=O)C1. The Balaban J connectivity index is 2.20. The molecule has 0 radical (unpaired) electrons. The van der Waals surface area contributed by atoms with Crippen LogP contribution in [-0.2, 0) is 9.59 Å². The van der Waals surface area contributed by atoms with Gasteiger partial charge in [0, 0.05) is 25.5 Å². The third-order valence-corrected chi connectivity index (χ3v) is 3.01. The molecule has 2 N–H and O–H groups in total. The molecule has 2 rings (SSSR count). The van der Waals surface area contributed by atoms with Gasteiger partial charge >= 0.3 is 0 Å². The average Bonchev–Trinajstić information content (AvgIpc) is 2.35. The van der Waals surface area contributed by atoms with Gasteiger partial charge in [0.2, 0.25) is 11.8 Å². The summed E-state index contributed by atoms with van der Waals surface area (Å²) < 4.78 is 5.40. The maximum atomic E-state index is 12.0. The normalized spacial score (nSPS) is 16.8. The number of carbonyl (C=O) groups excluding carboxylic acids is 2. The summed E-state index contributed by atoms with van der Waals surface area (Å²) in [6.45, 7) is 2.74.